The van der Waals surface area contributed by atoms with Crippen LogP contribution in [0.4, 0.5) is 11.4 Å². The van der Waals surface area contributed by atoms with E-state index in [-0.39, 0.29) is 29.5 Å². The van der Waals surface area contributed by atoms with Crippen LogP contribution in [0.2, 0.25) is 0 Å². The van der Waals surface area contributed by atoms with Crippen LogP contribution in [-0.2, 0) is 4.79 Å². The Bertz CT molecular complexity index is 1190. The molecule has 7 heteroatoms. The Kier molecular flexibility index (Phi) is 8.38. The zero-order valence-electron chi connectivity index (χ0n) is 19.8. The number of amides is 2. The zero-order chi connectivity index (χ0) is 24.7. The van der Waals surface area contributed by atoms with Gasteiger partial charge < -0.3 is 15.4 Å². The summed E-state index contributed by atoms with van der Waals surface area (Å²) in [4.78, 5) is 24.7. The molecule has 0 aromatic heterocycles. The van der Waals surface area contributed by atoms with E-state index in [0.29, 0.717) is 22.7 Å². The molecule has 0 unspecified atom stereocenters. The topological polar surface area (TPSA) is 79.5 Å². The highest BCUT2D eigenvalue weighted by Gasteiger charge is 2.12. The summed E-state index contributed by atoms with van der Waals surface area (Å²) < 4.78 is 5.76. The lowest BCUT2D eigenvalue weighted by atomic mass is 10.0. The van der Waals surface area contributed by atoms with Crippen molar-refractivity contribution in [3.63, 3.8) is 0 Å². The Morgan fingerprint density at radius 2 is 1.68 bits per heavy atom. The van der Waals surface area contributed by atoms with Crippen LogP contribution in [0.15, 0.2) is 66.7 Å². The maximum absolute atomic E-state index is 12.4. The highest BCUT2D eigenvalue weighted by molar-refractivity contribution is 7.80. The summed E-state index contributed by atoms with van der Waals surface area (Å²) in [5.74, 6) is 0.455. The highest BCUT2D eigenvalue weighted by atomic mass is 32.1. The minimum atomic E-state index is -0.350. The quantitative estimate of drug-likeness (QED) is 0.389. The van der Waals surface area contributed by atoms with Gasteiger partial charge in [0.25, 0.3) is 11.8 Å². The maximum Gasteiger partial charge on any atom is 0.264 e. The van der Waals surface area contributed by atoms with Gasteiger partial charge in [-0.3, -0.25) is 14.9 Å². The molecule has 0 atom stereocenters. The number of rotatable bonds is 7. The van der Waals surface area contributed by atoms with Gasteiger partial charge in [0.2, 0.25) is 0 Å². The molecule has 3 rings (SSSR count). The molecule has 2 amide bonds. The minimum Gasteiger partial charge on any atom is -0.483 e. The summed E-state index contributed by atoms with van der Waals surface area (Å²) >= 11 is 5.27. The van der Waals surface area contributed by atoms with E-state index < -0.39 is 0 Å². The third-order valence-electron chi connectivity index (χ3n) is 5.17. The van der Waals surface area contributed by atoms with E-state index in [0.717, 1.165) is 16.7 Å². The fourth-order valence-corrected chi connectivity index (χ4v) is 3.61. The lowest BCUT2D eigenvalue weighted by molar-refractivity contribution is -0.121. The van der Waals surface area contributed by atoms with Gasteiger partial charge in [-0.2, -0.15) is 0 Å². The molecule has 34 heavy (non-hydrogen) atoms. The van der Waals surface area contributed by atoms with Crippen LogP contribution in [0, 0.1) is 13.8 Å². The molecule has 0 aliphatic rings. The molecule has 176 valence electrons. The molecule has 6 nitrogen and oxygen atoms in total. The smallest absolute Gasteiger partial charge is 0.264 e. The number of carbonyl (C=O) groups excluding carboxylic acids is 2. The second kappa shape index (κ2) is 11.4. The van der Waals surface area contributed by atoms with E-state index in [2.05, 4.69) is 29.8 Å². The minimum absolute atomic E-state index is 0.144. The van der Waals surface area contributed by atoms with E-state index in [1.807, 2.05) is 56.3 Å². The molecule has 0 aliphatic heterocycles. The number of anilines is 2. The van der Waals surface area contributed by atoms with Crippen LogP contribution in [0.3, 0.4) is 0 Å². The van der Waals surface area contributed by atoms with E-state index in [4.69, 9.17) is 17.0 Å². The van der Waals surface area contributed by atoms with E-state index in [1.54, 1.807) is 24.3 Å². The van der Waals surface area contributed by atoms with Crippen LogP contribution < -0.4 is 20.7 Å². The summed E-state index contributed by atoms with van der Waals surface area (Å²) in [6.07, 6.45) is 0. The van der Waals surface area contributed by atoms with Gasteiger partial charge in [-0.25, -0.2) is 0 Å². The maximum atomic E-state index is 12.4. The van der Waals surface area contributed by atoms with Gasteiger partial charge in [-0.15, -0.1) is 0 Å². The largest absolute Gasteiger partial charge is 0.483 e. The second-order valence-electron chi connectivity index (χ2n) is 8.34. The Morgan fingerprint density at radius 1 is 0.941 bits per heavy atom. The summed E-state index contributed by atoms with van der Waals surface area (Å²) in [6, 6.07) is 20.4. The molecule has 3 aromatic carbocycles. The Morgan fingerprint density at radius 3 is 2.35 bits per heavy atom. The lowest BCUT2D eigenvalue weighted by Crippen LogP contribution is -2.37. The first-order chi connectivity index (χ1) is 16.2. The monoisotopic (exact) mass is 475 g/mol. The first-order valence-electron chi connectivity index (χ1n) is 11.0. The van der Waals surface area contributed by atoms with Crippen molar-refractivity contribution in [2.45, 2.75) is 33.6 Å². The van der Waals surface area contributed by atoms with Crippen molar-refractivity contribution in [1.82, 2.24) is 5.32 Å². The van der Waals surface area contributed by atoms with Crippen LogP contribution in [-0.4, -0.2) is 23.5 Å². The summed E-state index contributed by atoms with van der Waals surface area (Å²) in [6.45, 7) is 7.88. The van der Waals surface area contributed by atoms with Gasteiger partial charge in [0.15, 0.2) is 11.7 Å². The van der Waals surface area contributed by atoms with Crippen LogP contribution in [0.5, 0.6) is 5.75 Å². The highest BCUT2D eigenvalue weighted by Crippen LogP contribution is 2.27. The first kappa shape index (κ1) is 24.9. The summed E-state index contributed by atoms with van der Waals surface area (Å²) in [5.41, 5.74) is 4.95. The number of carbonyl (C=O) groups is 2. The van der Waals surface area contributed by atoms with Crippen molar-refractivity contribution in [3.8, 4) is 5.75 Å². The van der Waals surface area contributed by atoms with Crippen molar-refractivity contribution in [1.29, 1.82) is 0 Å². The molecule has 0 radical (unpaired) electrons. The molecule has 0 spiro atoms. The van der Waals surface area contributed by atoms with E-state index in [9.17, 15) is 9.59 Å². The number of ether oxygens (including phenoxy) is 1. The number of nitrogens with one attached hydrogen (secondary N) is 3. The van der Waals surface area contributed by atoms with Gasteiger partial charge in [-0.1, -0.05) is 44.2 Å². The molecule has 0 saturated carbocycles. The second-order valence-corrected chi connectivity index (χ2v) is 8.75. The number of aryl methyl sites for hydroxylation is 2. The lowest BCUT2D eigenvalue weighted by Gasteiger charge is -2.15. The van der Waals surface area contributed by atoms with Crippen molar-refractivity contribution in [3.05, 3.63) is 89.0 Å². The Labute approximate surface area is 205 Å². The summed E-state index contributed by atoms with van der Waals surface area (Å²) in [5, 5.41) is 8.70. The standard InChI is InChI=1S/C27H29N3O3S/c1-17(2)22-12-10-18(3)14-24(22)33-16-25(31)30-27(34)28-21-11-13-23(19(4)15-21)29-26(32)20-8-6-5-7-9-20/h5-15,17H,16H2,1-4H3,(H,29,32)(H2,28,30,31,34). The van der Waals surface area contributed by atoms with Crippen LogP contribution in [0.25, 0.3) is 0 Å². The first-order valence-corrected chi connectivity index (χ1v) is 11.4. The van der Waals surface area contributed by atoms with Crippen molar-refractivity contribution in [2.24, 2.45) is 0 Å². The molecular weight excluding hydrogens is 446 g/mol. The predicted molar refractivity (Wildman–Crippen MR) is 141 cm³/mol. The molecule has 0 heterocycles. The molecule has 0 bridgehead atoms. The molecular formula is C27H29N3O3S. The molecule has 3 N–H and O–H groups in total. The SMILES string of the molecule is Cc1ccc(C(C)C)c(OCC(=O)NC(=S)Nc2ccc(NC(=O)c3ccccc3)c(C)c2)c1. The molecule has 0 saturated heterocycles. The van der Waals surface area contributed by atoms with E-state index in [1.165, 1.54) is 0 Å². The Balaban J connectivity index is 1.54. The van der Waals surface area contributed by atoms with Gasteiger partial charge in [0, 0.05) is 16.9 Å². The third-order valence-corrected chi connectivity index (χ3v) is 5.38. The van der Waals surface area contributed by atoms with Crippen LogP contribution >= 0.6 is 12.2 Å². The fraction of sp³-hybridized carbons (Fsp3) is 0.222. The van der Waals surface area contributed by atoms with E-state index >= 15 is 0 Å². The van der Waals surface area contributed by atoms with Gasteiger partial charge in [-0.05, 0) is 85.1 Å². The number of thiocarbonyl (C=S) groups is 1. The Hall–Kier alpha value is -3.71. The average Bonchev–Trinajstić information content (AvgIpc) is 2.79. The van der Waals surface area contributed by atoms with Crippen molar-refractivity contribution < 1.29 is 14.3 Å². The van der Waals surface area contributed by atoms with Crippen molar-refractivity contribution >= 4 is 40.5 Å². The number of benzene rings is 3. The number of hydrogen-bond acceptors (Lipinski definition) is 4. The van der Waals surface area contributed by atoms with Gasteiger partial charge in [0.05, 0.1) is 0 Å². The number of hydrogen-bond donors (Lipinski definition) is 3. The van der Waals surface area contributed by atoms with Crippen LogP contribution in [0.1, 0.15) is 46.8 Å². The normalized spacial score (nSPS) is 10.5. The average molecular weight is 476 g/mol. The molecule has 3 aromatic rings. The van der Waals surface area contributed by atoms with Gasteiger partial charge in [0.1, 0.15) is 5.75 Å². The van der Waals surface area contributed by atoms with Crippen molar-refractivity contribution in [2.75, 3.05) is 17.2 Å². The predicted octanol–water partition coefficient (Wildman–Crippen LogP) is 5.57. The van der Waals surface area contributed by atoms with Gasteiger partial charge >= 0.3 is 0 Å². The fourth-order valence-electron chi connectivity index (χ4n) is 3.38. The zero-order valence-corrected chi connectivity index (χ0v) is 20.6. The third kappa shape index (κ3) is 6.89. The molecule has 0 fully saturated rings. The summed E-state index contributed by atoms with van der Waals surface area (Å²) in [7, 11) is 0. The molecule has 0 aliphatic carbocycles.